The molecule has 0 aromatic rings. The van der Waals surface area contributed by atoms with Crippen molar-refractivity contribution in [2.75, 3.05) is 25.1 Å². The van der Waals surface area contributed by atoms with Crippen LogP contribution >= 0.6 is 11.8 Å². The molecule has 1 rings (SSSR count). The van der Waals surface area contributed by atoms with E-state index < -0.39 is 0 Å². The van der Waals surface area contributed by atoms with Gasteiger partial charge in [-0.15, -0.1) is 0 Å². The highest BCUT2D eigenvalue weighted by molar-refractivity contribution is 7.98. The molecular formula is C10H20N2OS. The van der Waals surface area contributed by atoms with Gasteiger partial charge in [0.1, 0.15) is 0 Å². The van der Waals surface area contributed by atoms with Crippen LogP contribution in [0.3, 0.4) is 0 Å². The number of thioether (sulfide) groups is 1. The lowest BCUT2D eigenvalue weighted by molar-refractivity contribution is -0.129. The molecule has 0 saturated carbocycles. The molecule has 1 heterocycles. The van der Waals surface area contributed by atoms with Crippen LogP contribution in [0.1, 0.15) is 19.8 Å². The summed E-state index contributed by atoms with van der Waals surface area (Å²) in [6.07, 6.45) is 3.84. The van der Waals surface area contributed by atoms with Gasteiger partial charge in [-0.2, -0.15) is 11.8 Å². The minimum absolute atomic E-state index is 0.286. The third-order valence-electron chi connectivity index (χ3n) is 2.84. The van der Waals surface area contributed by atoms with Crippen LogP contribution in [0, 0.1) is 5.92 Å². The normalized spacial score (nSPS) is 24.4. The zero-order valence-electron chi connectivity index (χ0n) is 9.03. The summed E-state index contributed by atoms with van der Waals surface area (Å²) in [5.41, 5.74) is 5.58. The van der Waals surface area contributed by atoms with Crippen molar-refractivity contribution in [2.45, 2.75) is 25.8 Å². The van der Waals surface area contributed by atoms with E-state index in [0.29, 0.717) is 24.9 Å². The van der Waals surface area contributed by atoms with Gasteiger partial charge in [-0.25, -0.2) is 0 Å². The van der Waals surface area contributed by atoms with Gasteiger partial charge >= 0.3 is 0 Å². The maximum Gasteiger partial charge on any atom is 0.223 e. The van der Waals surface area contributed by atoms with Crippen LogP contribution in [-0.4, -0.2) is 41.9 Å². The molecule has 1 amide bonds. The molecule has 0 radical (unpaired) electrons. The quantitative estimate of drug-likeness (QED) is 0.744. The van der Waals surface area contributed by atoms with E-state index in [9.17, 15) is 4.79 Å². The van der Waals surface area contributed by atoms with E-state index in [4.69, 9.17) is 5.73 Å². The minimum atomic E-state index is 0.286. The van der Waals surface area contributed by atoms with Gasteiger partial charge < -0.3 is 10.6 Å². The molecule has 0 aliphatic carbocycles. The van der Waals surface area contributed by atoms with E-state index in [1.807, 2.05) is 16.7 Å². The Kier molecular flexibility index (Phi) is 4.75. The molecule has 0 spiro atoms. The number of rotatable bonds is 5. The molecule has 1 fully saturated rings. The lowest BCUT2D eigenvalue weighted by Crippen LogP contribution is -2.35. The van der Waals surface area contributed by atoms with Gasteiger partial charge in [0.25, 0.3) is 0 Å². The zero-order chi connectivity index (χ0) is 10.6. The van der Waals surface area contributed by atoms with Gasteiger partial charge in [-0.1, -0.05) is 0 Å². The topological polar surface area (TPSA) is 46.3 Å². The molecule has 2 unspecified atom stereocenters. The average Bonchev–Trinajstić information content (AvgIpc) is 2.56. The summed E-state index contributed by atoms with van der Waals surface area (Å²) in [7, 11) is 0. The summed E-state index contributed by atoms with van der Waals surface area (Å²) >= 11 is 1.83. The van der Waals surface area contributed by atoms with Gasteiger partial charge in [0.05, 0.1) is 0 Å². The van der Waals surface area contributed by atoms with Crippen LogP contribution in [0.4, 0.5) is 0 Å². The number of carbonyl (C=O) groups excluding carboxylic acids is 1. The highest BCUT2D eigenvalue weighted by Gasteiger charge is 2.31. The molecule has 0 aromatic carbocycles. The van der Waals surface area contributed by atoms with Crippen molar-refractivity contribution in [3.05, 3.63) is 0 Å². The molecule has 2 N–H and O–H groups in total. The lowest BCUT2D eigenvalue weighted by Gasteiger charge is -2.24. The van der Waals surface area contributed by atoms with Crippen molar-refractivity contribution in [1.82, 2.24) is 4.90 Å². The van der Waals surface area contributed by atoms with E-state index in [1.54, 1.807) is 0 Å². The highest BCUT2D eigenvalue weighted by atomic mass is 32.2. The smallest absolute Gasteiger partial charge is 0.223 e. The van der Waals surface area contributed by atoms with Crippen molar-refractivity contribution in [2.24, 2.45) is 11.7 Å². The van der Waals surface area contributed by atoms with E-state index in [2.05, 4.69) is 13.2 Å². The molecule has 0 aromatic heterocycles. The molecule has 14 heavy (non-hydrogen) atoms. The van der Waals surface area contributed by atoms with E-state index in [1.165, 1.54) is 0 Å². The summed E-state index contributed by atoms with van der Waals surface area (Å²) in [5, 5.41) is 0. The largest absolute Gasteiger partial charge is 0.340 e. The fourth-order valence-corrected chi connectivity index (χ4v) is 2.41. The monoisotopic (exact) mass is 216 g/mol. The molecule has 1 aliphatic heterocycles. The Balaban J connectivity index is 2.40. The van der Waals surface area contributed by atoms with Gasteiger partial charge in [0.2, 0.25) is 5.91 Å². The number of likely N-dealkylation sites (tertiary alicyclic amines) is 1. The summed E-state index contributed by atoms with van der Waals surface area (Å²) in [5.74, 6) is 1.80. The molecular weight excluding hydrogens is 196 g/mol. The van der Waals surface area contributed by atoms with Crippen LogP contribution in [0.15, 0.2) is 0 Å². The van der Waals surface area contributed by atoms with Gasteiger partial charge in [-0.3, -0.25) is 4.79 Å². The third kappa shape index (κ3) is 2.89. The average molecular weight is 216 g/mol. The predicted molar refractivity (Wildman–Crippen MR) is 61.3 cm³/mol. The number of carbonyl (C=O) groups is 1. The Labute approximate surface area is 90.4 Å². The van der Waals surface area contributed by atoms with E-state index in [0.717, 1.165) is 18.7 Å². The molecule has 1 saturated heterocycles. The number of hydrogen-bond donors (Lipinski definition) is 1. The molecule has 0 bridgehead atoms. The van der Waals surface area contributed by atoms with Gasteiger partial charge in [0, 0.05) is 19.0 Å². The zero-order valence-corrected chi connectivity index (χ0v) is 9.85. The first kappa shape index (κ1) is 11.9. The number of nitrogens with zero attached hydrogens (tertiary/aromatic N) is 1. The molecule has 4 heteroatoms. The fourth-order valence-electron chi connectivity index (χ4n) is 1.84. The van der Waals surface area contributed by atoms with E-state index >= 15 is 0 Å². The Bertz CT molecular complexity index is 199. The van der Waals surface area contributed by atoms with Gasteiger partial charge in [0.15, 0.2) is 0 Å². The van der Waals surface area contributed by atoms with Crippen LogP contribution in [-0.2, 0) is 4.79 Å². The second-order valence-electron chi connectivity index (χ2n) is 3.98. The van der Waals surface area contributed by atoms with Gasteiger partial charge in [-0.05, 0) is 37.8 Å². The molecule has 82 valence electrons. The maximum absolute atomic E-state index is 11.6. The number of amides is 1. The lowest BCUT2D eigenvalue weighted by atomic mass is 10.1. The maximum atomic E-state index is 11.6. The Morgan fingerprint density at radius 1 is 1.71 bits per heavy atom. The Hall–Kier alpha value is -0.220. The molecule has 3 nitrogen and oxygen atoms in total. The first-order chi connectivity index (χ1) is 6.69. The van der Waals surface area contributed by atoms with Crippen LogP contribution in [0.5, 0.6) is 0 Å². The first-order valence-electron chi connectivity index (χ1n) is 5.17. The second-order valence-corrected chi connectivity index (χ2v) is 4.97. The number of hydrogen-bond acceptors (Lipinski definition) is 3. The van der Waals surface area contributed by atoms with Crippen molar-refractivity contribution < 1.29 is 4.79 Å². The summed E-state index contributed by atoms with van der Waals surface area (Å²) in [6.45, 7) is 3.63. The highest BCUT2D eigenvalue weighted by Crippen LogP contribution is 2.20. The Morgan fingerprint density at radius 2 is 2.43 bits per heavy atom. The summed E-state index contributed by atoms with van der Waals surface area (Å²) in [6, 6.07) is 0.381. The summed E-state index contributed by atoms with van der Waals surface area (Å²) < 4.78 is 0. The first-order valence-corrected chi connectivity index (χ1v) is 6.57. The summed E-state index contributed by atoms with van der Waals surface area (Å²) in [4.78, 5) is 13.6. The molecule has 1 aliphatic rings. The van der Waals surface area contributed by atoms with Crippen LogP contribution in [0.25, 0.3) is 0 Å². The Morgan fingerprint density at radius 3 is 2.93 bits per heavy atom. The van der Waals surface area contributed by atoms with Crippen LogP contribution in [0.2, 0.25) is 0 Å². The van der Waals surface area contributed by atoms with Crippen molar-refractivity contribution in [1.29, 1.82) is 0 Å². The minimum Gasteiger partial charge on any atom is -0.340 e. The SMILES string of the molecule is CSCCC(C)N1CC(CN)CC1=O. The van der Waals surface area contributed by atoms with Crippen molar-refractivity contribution in [3.63, 3.8) is 0 Å². The molecule has 2 atom stereocenters. The predicted octanol–water partition coefficient (Wildman–Crippen LogP) is 0.935. The van der Waals surface area contributed by atoms with Crippen LogP contribution < -0.4 is 5.73 Å². The number of nitrogens with two attached hydrogens (primary N) is 1. The third-order valence-corrected chi connectivity index (χ3v) is 3.49. The van der Waals surface area contributed by atoms with Crippen molar-refractivity contribution in [3.8, 4) is 0 Å². The second kappa shape index (κ2) is 5.61. The fraction of sp³-hybridized carbons (Fsp3) is 0.900. The van der Waals surface area contributed by atoms with Crippen molar-refractivity contribution >= 4 is 17.7 Å². The standard InChI is InChI=1S/C10H20N2OS/c1-8(3-4-14-2)12-7-9(6-11)5-10(12)13/h8-9H,3-7,11H2,1-2H3. The van der Waals surface area contributed by atoms with E-state index in [-0.39, 0.29) is 5.91 Å².